The van der Waals surface area contributed by atoms with E-state index in [2.05, 4.69) is 15.8 Å². The van der Waals surface area contributed by atoms with Crippen LogP contribution >= 0.6 is 0 Å². The Bertz CT molecular complexity index is 613. The number of nitrogens with zero attached hydrogens (tertiary/aromatic N) is 1. The van der Waals surface area contributed by atoms with Crippen LogP contribution in [0, 0.1) is 18.6 Å². The highest BCUT2D eigenvalue weighted by Crippen LogP contribution is 2.15. The molecule has 0 unspecified atom stereocenters. The lowest BCUT2D eigenvalue weighted by Crippen LogP contribution is -2.17. The molecule has 0 radical (unpaired) electrons. The van der Waals surface area contributed by atoms with Crippen LogP contribution in [0.3, 0.4) is 0 Å². The molecule has 2 N–H and O–H groups in total. The van der Waals surface area contributed by atoms with Crippen LogP contribution in [0.15, 0.2) is 28.8 Å². The summed E-state index contributed by atoms with van der Waals surface area (Å²) in [4.78, 5) is 11.6. The van der Waals surface area contributed by atoms with Crippen LogP contribution in [0.25, 0.3) is 0 Å². The third-order valence-electron chi connectivity index (χ3n) is 2.49. The fourth-order valence-corrected chi connectivity index (χ4v) is 1.56. The normalized spacial score (nSPS) is 10.3. The van der Waals surface area contributed by atoms with Crippen molar-refractivity contribution < 1.29 is 18.1 Å². The molecule has 2 aromatic rings. The van der Waals surface area contributed by atoms with Crippen LogP contribution in [-0.4, -0.2) is 17.6 Å². The number of halogens is 2. The van der Waals surface area contributed by atoms with Crippen LogP contribution in [0.4, 0.5) is 20.3 Å². The lowest BCUT2D eigenvalue weighted by molar-refractivity contribution is -0.116. The van der Waals surface area contributed by atoms with Gasteiger partial charge in [0, 0.05) is 25.1 Å². The minimum Gasteiger partial charge on any atom is -0.367 e. The molecule has 7 heteroatoms. The fraction of sp³-hybridized carbons (Fsp3) is 0.231. The van der Waals surface area contributed by atoms with Crippen molar-refractivity contribution in [2.45, 2.75) is 13.3 Å². The molecule has 0 spiro atoms. The van der Waals surface area contributed by atoms with Crippen molar-refractivity contribution in [3.63, 3.8) is 0 Å². The summed E-state index contributed by atoms with van der Waals surface area (Å²) >= 11 is 0. The highest BCUT2D eigenvalue weighted by atomic mass is 19.1. The highest BCUT2D eigenvalue weighted by Gasteiger charge is 2.08. The average molecular weight is 281 g/mol. The first-order valence-corrected chi connectivity index (χ1v) is 5.96. The molecule has 0 atom stereocenters. The van der Waals surface area contributed by atoms with Gasteiger partial charge in [0.1, 0.15) is 17.4 Å². The minimum atomic E-state index is -0.807. The van der Waals surface area contributed by atoms with Crippen LogP contribution in [-0.2, 0) is 4.79 Å². The number of carbonyl (C=O) groups excluding carboxylic acids is 1. The van der Waals surface area contributed by atoms with E-state index >= 15 is 0 Å². The molecule has 106 valence electrons. The second-order valence-corrected chi connectivity index (χ2v) is 4.17. The lowest BCUT2D eigenvalue weighted by Gasteiger charge is -2.06. The van der Waals surface area contributed by atoms with E-state index in [9.17, 15) is 13.6 Å². The predicted octanol–water partition coefficient (Wildman–Crippen LogP) is 2.70. The van der Waals surface area contributed by atoms with Crippen molar-refractivity contribution in [3.8, 4) is 0 Å². The third kappa shape index (κ3) is 3.78. The zero-order valence-electron chi connectivity index (χ0n) is 10.7. The largest absolute Gasteiger partial charge is 0.367 e. The molecule has 0 bridgehead atoms. The number of carbonyl (C=O) groups is 1. The maximum absolute atomic E-state index is 13.3. The summed E-state index contributed by atoms with van der Waals surface area (Å²) in [7, 11) is 0. The molecule has 5 nitrogen and oxygen atoms in total. The van der Waals surface area contributed by atoms with E-state index in [1.807, 2.05) is 0 Å². The Morgan fingerprint density at radius 3 is 2.80 bits per heavy atom. The topological polar surface area (TPSA) is 67.2 Å². The first-order valence-electron chi connectivity index (χ1n) is 5.96. The Balaban J connectivity index is 1.80. The van der Waals surface area contributed by atoms with E-state index in [-0.39, 0.29) is 18.0 Å². The first kappa shape index (κ1) is 14.0. The molecular weight excluding hydrogens is 268 g/mol. The Morgan fingerprint density at radius 1 is 1.35 bits per heavy atom. The summed E-state index contributed by atoms with van der Waals surface area (Å²) in [6.07, 6.45) is 0.114. The van der Waals surface area contributed by atoms with Crippen LogP contribution < -0.4 is 10.6 Å². The predicted molar refractivity (Wildman–Crippen MR) is 69.3 cm³/mol. The first-order chi connectivity index (χ1) is 9.54. The molecule has 1 aromatic carbocycles. The van der Waals surface area contributed by atoms with E-state index in [4.69, 9.17) is 4.52 Å². The molecule has 1 amide bonds. The zero-order valence-corrected chi connectivity index (χ0v) is 10.7. The third-order valence-corrected chi connectivity index (χ3v) is 2.49. The minimum absolute atomic E-state index is 0.0475. The fourth-order valence-electron chi connectivity index (χ4n) is 1.56. The van der Waals surface area contributed by atoms with Crippen molar-refractivity contribution in [3.05, 3.63) is 41.7 Å². The molecule has 0 aliphatic carbocycles. The molecule has 1 aromatic heterocycles. The molecule has 0 aliphatic heterocycles. The number of amides is 1. The molecule has 0 saturated carbocycles. The quantitative estimate of drug-likeness (QED) is 0.884. The van der Waals surface area contributed by atoms with Gasteiger partial charge < -0.3 is 15.2 Å². The van der Waals surface area contributed by atoms with Gasteiger partial charge in [0.15, 0.2) is 5.82 Å². The summed E-state index contributed by atoms with van der Waals surface area (Å²) in [6.45, 7) is 2.07. The number of anilines is 2. The van der Waals surface area contributed by atoms with E-state index in [0.29, 0.717) is 24.2 Å². The van der Waals surface area contributed by atoms with Gasteiger partial charge in [-0.05, 0) is 19.1 Å². The van der Waals surface area contributed by atoms with Gasteiger partial charge >= 0.3 is 0 Å². The molecule has 2 rings (SSSR count). The van der Waals surface area contributed by atoms with E-state index in [1.165, 1.54) is 6.07 Å². The number of rotatable bonds is 5. The smallest absolute Gasteiger partial charge is 0.226 e. The Labute approximate surface area is 114 Å². The monoisotopic (exact) mass is 281 g/mol. The van der Waals surface area contributed by atoms with Crippen LogP contribution in [0.2, 0.25) is 0 Å². The van der Waals surface area contributed by atoms with Crippen molar-refractivity contribution >= 4 is 17.4 Å². The zero-order chi connectivity index (χ0) is 14.5. The van der Waals surface area contributed by atoms with Crippen molar-refractivity contribution in [1.29, 1.82) is 0 Å². The van der Waals surface area contributed by atoms with Crippen LogP contribution in [0.5, 0.6) is 0 Å². The molecule has 0 saturated heterocycles. The van der Waals surface area contributed by atoms with Gasteiger partial charge in [-0.1, -0.05) is 5.16 Å². The summed E-state index contributed by atoms with van der Waals surface area (Å²) in [5, 5.41) is 8.95. The second-order valence-electron chi connectivity index (χ2n) is 4.17. The summed E-state index contributed by atoms with van der Waals surface area (Å²) in [5.74, 6) is -0.696. The Hall–Kier alpha value is -2.44. The summed E-state index contributed by atoms with van der Waals surface area (Å²) < 4.78 is 30.9. The summed E-state index contributed by atoms with van der Waals surface area (Å²) in [5.41, 5.74) is -0.0475. The average Bonchev–Trinajstić information content (AvgIpc) is 2.79. The SMILES string of the molecule is Cc1cc(NCCC(=O)Nc2ccc(F)cc2F)no1. The van der Waals surface area contributed by atoms with E-state index in [1.54, 1.807) is 13.0 Å². The van der Waals surface area contributed by atoms with Gasteiger partial charge in [0.05, 0.1) is 5.69 Å². The Morgan fingerprint density at radius 2 is 2.15 bits per heavy atom. The van der Waals surface area contributed by atoms with Gasteiger partial charge in [-0.2, -0.15) is 0 Å². The molecule has 0 fully saturated rings. The summed E-state index contributed by atoms with van der Waals surface area (Å²) in [6, 6.07) is 4.66. The lowest BCUT2D eigenvalue weighted by atomic mass is 10.3. The number of hydrogen-bond donors (Lipinski definition) is 2. The molecular formula is C13H13F2N3O2. The number of benzene rings is 1. The maximum Gasteiger partial charge on any atom is 0.226 e. The molecule has 0 aliphatic rings. The van der Waals surface area contributed by atoms with Gasteiger partial charge in [-0.15, -0.1) is 0 Å². The number of nitrogens with one attached hydrogen (secondary N) is 2. The van der Waals surface area contributed by atoms with Crippen molar-refractivity contribution in [2.24, 2.45) is 0 Å². The highest BCUT2D eigenvalue weighted by molar-refractivity contribution is 5.91. The van der Waals surface area contributed by atoms with E-state index in [0.717, 1.165) is 6.07 Å². The van der Waals surface area contributed by atoms with Gasteiger partial charge in [-0.3, -0.25) is 4.79 Å². The number of aryl methyl sites for hydroxylation is 1. The van der Waals surface area contributed by atoms with E-state index < -0.39 is 11.6 Å². The molecule has 20 heavy (non-hydrogen) atoms. The molecule has 1 heterocycles. The Kier molecular flexibility index (Phi) is 4.29. The van der Waals surface area contributed by atoms with Crippen molar-refractivity contribution in [2.75, 3.05) is 17.2 Å². The van der Waals surface area contributed by atoms with Gasteiger partial charge in [0.2, 0.25) is 5.91 Å². The van der Waals surface area contributed by atoms with Crippen LogP contribution in [0.1, 0.15) is 12.2 Å². The number of aromatic nitrogens is 1. The van der Waals surface area contributed by atoms with Gasteiger partial charge in [-0.25, -0.2) is 8.78 Å². The number of hydrogen-bond acceptors (Lipinski definition) is 4. The van der Waals surface area contributed by atoms with Gasteiger partial charge in [0.25, 0.3) is 0 Å². The standard InChI is InChI=1S/C13H13F2N3O2/c1-8-6-12(18-20-8)16-5-4-13(19)17-11-3-2-9(14)7-10(11)15/h2-3,6-7H,4-5H2,1H3,(H,16,18)(H,17,19). The van der Waals surface area contributed by atoms with Crippen molar-refractivity contribution in [1.82, 2.24) is 5.16 Å². The second kappa shape index (κ2) is 6.14. The maximum atomic E-state index is 13.3.